The zero-order valence-corrected chi connectivity index (χ0v) is 15.1. The Morgan fingerprint density at radius 3 is 1.45 bits per heavy atom. The van der Waals surface area contributed by atoms with E-state index in [0.29, 0.717) is 12.1 Å². The van der Waals surface area contributed by atoms with Crippen molar-refractivity contribution in [3.63, 3.8) is 0 Å². The molecule has 1 rings (SSSR count). The molecule has 1 saturated heterocycles. The normalized spacial score (nSPS) is 27.6. The summed E-state index contributed by atoms with van der Waals surface area (Å²) in [7, 11) is 9.59. The molecule has 0 radical (unpaired) electrons. The summed E-state index contributed by atoms with van der Waals surface area (Å²) in [5.41, 5.74) is 0. The Labute approximate surface area is 138 Å². The second-order valence-corrected chi connectivity index (χ2v) is 6.87. The molecule has 1 fully saturated rings. The molecule has 5 nitrogen and oxygen atoms in total. The molecule has 20 heavy (non-hydrogen) atoms. The Bertz CT molecular complexity index is 185. The van der Waals surface area contributed by atoms with Crippen molar-refractivity contribution < 1.29 is 13.1 Å². The molecule has 0 bridgehead atoms. The van der Waals surface area contributed by atoms with Crippen molar-refractivity contribution in [1.82, 2.24) is 26.6 Å². The van der Waals surface area contributed by atoms with Gasteiger partial charge in [-0.25, -0.2) is 0 Å². The molecule has 8 heteroatoms. The molecular weight excluding hydrogens is 340 g/mol. The standard InChI is InChI=1S/C12H29N5.2ClH.Mn/c1-11-9-15-10-12(2)17-8-6-14-4-3-13-5-7-16-11;;;/h11-17H,3-10H2,1-2H3;2*1H;/q;;;+2/p-2/t11-,12+;;;. The summed E-state index contributed by atoms with van der Waals surface area (Å²) in [5.74, 6) is 0. The van der Waals surface area contributed by atoms with Crippen LogP contribution in [0.4, 0.5) is 0 Å². The van der Waals surface area contributed by atoms with Gasteiger partial charge in [0.25, 0.3) is 0 Å². The Morgan fingerprint density at radius 2 is 1.05 bits per heavy atom. The molecule has 0 aromatic carbocycles. The predicted octanol–water partition coefficient (Wildman–Crippen LogP) is 0.102. The van der Waals surface area contributed by atoms with E-state index in [1.807, 2.05) is 0 Å². The van der Waals surface area contributed by atoms with Gasteiger partial charge in [0, 0.05) is 64.4 Å². The fourth-order valence-corrected chi connectivity index (χ4v) is 1.90. The number of nitrogens with one attached hydrogen (secondary N) is 5. The number of hydrogen-bond acceptors (Lipinski definition) is 5. The van der Waals surface area contributed by atoms with E-state index in [9.17, 15) is 0 Å². The molecule has 1 aliphatic heterocycles. The van der Waals surface area contributed by atoms with Gasteiger partial charge in [0.05, 0.1) is 0 Å². The number of halogens is 2. The molecule has 1 aliphatic rings. The molecule has 5 N–H and O–H groups in total. The molecule has 0 unspecified atom stereocenters. The summed E-state index contributed by atoms with van der Waals surface area (Å²) in [4.78, 5) is 0. The maximum absolute atomic E-state index is 4.80. The predicted molar refractivity (Wildman–Crippen MR) is 85.2 cm³/mol. The van der Waals surface area contributed by atoms with Gasteiger partial charge in [0.2, 0.25) is 0 Å². The van der Waals surface area contributed by atoms with E-state index in [0.717, 1.165) is 52.4 Å². The van der Waals surface area contributed by atoms with Gasteiger partial charge in [-0.2, -0.15) is 0 Å². The fourth-order valence-electron chi connectivity index (χ4n) is 1.90. The van der Waals surface area contributed by atoms with Crippen LogP contribution in [-0.2, 0) is 13.1 Å². The summed E-state index contributed by atoms with van der Waals surface area (Å²) in [6, 6.07) is 1.07. The molecule has 0 aromatic heterocycles. The van der Waals surface area contributed by atoms with Crippen molar-refractivity contribution in [3.05, 3.63) is 0 Å². The Kier molecular flexibility index (Phi) is 17.0. The third kappa shape index (κ3) is 15.3. The van der Waals surface area contributed by atoms with E-state index in [1.165, 1.54) is 0 Å². The molecule has 123 valence electrons. The van der Waals surface area contributed by atoms with E-state index in [-0.39, 0.29) is 13.1 Å². The van der Waals surface area contributed by atoms with Crippen molar-refractivity contribution in [2.45, 2.75) is 25.9 Å². The summed E-state index contributed by atoms with van der Waals surface area (Å²) in [6.45, 7) is 12.8. The zero-order chi connectivity index (χ0) is 15.1. The van der Waals surface area contributed by atoms with Crippen LogP contribution in [0.25, 0.3) is 0 Å². The van der Waals surface area contributed by atoms with Gasteiger partial charge in [-0.15, -0.1) is 0 Å². The van der Waals surface area contributed by atoms with Gasteiger partial charge in [-0.05, 0) is 13.8 Å². The first kappa shape index (κ1) is 20.9. The maximum atomic E-state index is 4.80. The second kappa shape index (κ2) is 16.3. The summed E-state index contributed by atoms with van der Waals surface area (Å²) in [5, 5.41) is 17.3. The first-order valence-electron chi connectivity index (χ1n) is 7.16. The van der Waals surface area contributed by atoms with Crippen LogP contribution in [0.15, 0.2) is 0 Å². The monoisotopic (exact) mass is 368 g/mol. The van der Waals surface area contributed by atoms with Gasteiger partial charge in [-0.3, -0.25) is 0 Å². The quantitative estimate of drug-likeness (QED) is 0.392. The average molecular weight is 369 g/mol. The van der Waals surface area contributed by atoms with Gasteiger partial charge in [0.1, 0.15) is 0 Å². The van der Waals surface area contributed by atoms with Crippen LogP contribution in [-0.4, -0.2) is 64.4 Å². The fraction of sp³-hybridized carbons (Fsp3) is 1.00. The molecule has 1 heterocycles. The zero-order valence-electron chi connectivity index (χ0n) is 12.4. The van der Waals surface area contributed by atoms with Crippen molar-refractivity contribution in [1.29, 1.82) is 0 Å². The molecule has 0 saturated carbocycles. The molecule has 2 atom stereocenters. The van der Waals surface area contributed by atoms with Gasteiger partial charge in [-0.1, -0.05) is 0 Å². The number of rotatable bonds is 0. The first-order valence-corrected chi connectivity index (χ1v) is 10.4. The molecular formula is C12H29Cl2MnN5. The van der Waals surface area contributed by atoms with Crippen molar-refractivity contribution in [3.8, 4) is 0 Å². The van der Waals surface area contributed by atoms with E-state index in [1.54, 1.807) is 0 Å². The van der Waals surface area contributed by atoms with Crippen LogP contribution < -0.4 is 26.6 Å². The van der Waals surface area contributed by atoms with Gasteiger partial charge >= 0.3 is 33.3 Å². The van der Waals surface area contributed by atoms with Gasteiger partial charge < -0.3 is 26.6 Å². The third-order valence-corrected chi connectivity index (χ3v) is 2.97. The third-order valence-electron chi connectivity index (χ3n) is 2.97. The second-order valence-electron chi connectivity index (χ2n) is 4.92. The van der Waals surface area contributed by atoms with Crippen LogP contribution in [0.5, 0.6) is 0 Å². The van der Waals surface area contributed by atoms with E-state index >= 15 is 0 Å². The first-order chi connectivity index (χ1) is 9.70. The Hall–Kier alpha value is 0.899. The van der Waals surface area contributed by atoms with E-state index < -0.39 is 0 Å². The average Bonchev–Trinajstić information content (AvgIpc) is 2.41. The van der Waals surface area contributed by atoms with E-state index in [2.05, 4.69) is 40.4 Å². The van der Waals surface area contributed by atoms with Crippen LogP contribution in [0, 0.1) is 0 Å². The van der Waals surface area contributed by atoms with Crippen molar-refractivity contribution in [2.24, 2.45) is 0 Å². The van der Waals surface area contributed by atoms with E-state index in [4.69, 9.17) is 20.2 Å². The van der Waals surface area contributed by atoms with Crippen LogP contribution in [0.3, 0.4) is 0 Å². The minimum absolute atomic E-state index is 0.00694. The SMILES string of the molecule is C[C@@H]1CNC[C@H](C)NCCNCCNCCN1.[Cl][Mn][Cl]. The van der Waals surface area contributed by atoms with Crippen molar-refractivity contribution in [2.75, 3.05) is 52.4 Å². The van der Waals surface area contributed by atoms with Crippen molar-refractivity contribution >= 4 is 20.2 Å². The molecule has 0 amide bonds. The Morgan fingerprint density at radius 1 is 0.700 bits per heavy atom. The summed E-state index contributed by atoms with van der Waals surface area (Å²) in [6.07, 6.45) is 0. The van der Waals surface area contributed by atoms with Gasteiger partial charge in [0.15, 0.2) is 0 Å². The topological polar surface area (TPSA) is 60.1 Å². The van der Waals surface area contributed by atoms with Crippen LogP contribution in [0.1, 0.15) is 13.8 Å². The number of hydrogen-bond donors (Lipinski definition) is 5. The van der Waals surface area contributed by atoms with Crippen LogP contribution in [0.2, 0.25) is 0 Å². The minimum atomic E-state index is 0.00694. The summed E-state index contributed by atoms with van der Waals surface area (Å²) < 4.78 is 0. The summed E-state index contributed by atoms with van der Waals surface area (Å²) >= 11 is 0.00694. The molecule has 0 aromatic rings. The Balaban J connectivity index is 0.00000110. The molecule has 0 aliphatic carbocycles. The molecule has 0 spiro atoms. The van der Waals surface area contributed by atoms with Crippen LogP contribution >= 0.6 is 20.2 Å².